The topological polar surface area (TPSA) is 82.5 Å². The molecule has 4 rings (SSSR count). The van der Waals surface area contributed by atoms with Gasteiger partial charge in [-0.2, -0.15) is 11.3 Å². The first-order valence-corrected chi connectivity index (χ1v) is 11.1. The summed E-state index contributed by atoms with van der Waals surface area (Å²) in [6, 6.07) is 9.08. The lowest BCUT2D eigenvalue weighted by Crippen LogP contribution is -2.45. The van der Waals surface area contributed by atoms with Gasteiger partial charge >= 0.3 is 0 Å². The first kappa shape index (κ1) is 19.8. The van der Waals surface area contributed by atoms with Gasteiger partial charge in [-0.3, -0.25) is 9.59 Å². The van der Waals surface area contributed by atoms with Crippen molar-refractivity contribution in [2.24, 2.45) is 0 Å². The van der Waals surface area contributed by atoms with E-state index in [1.165, 1.54) is 16.2 Å². The highest BCUT2D eigenvalue weighted by Crippen LogP contribution is 2.27. The number of likely N-dealkylation sites (tertiary alicyclic amines) is 1. The van der Waals surface area contributed by atoms with E-state index in [0.29, 0.717) is 12.1 Å². The highest BCUT2D eigenvalue weighted by Gasteiger charge is 2.39. The number of aromatic nitrogens is 1. The van der Waals surface area contributed by atoms with Crippen molar-refractivity contribution in [1.82, 2.24) is 15.2 Å². The molecule has 0 aliphatic carbocycles. The number of thiazole rings is 1. The molecule has 6 nitrogen and oxygen atoms in total. The van der Waals surface area contributed by atoms with Crippen LogP contribution in [0, 0.1) is 6.92 Å². The zero-order chi connectivity index (χ0) is 20.4. The van der Waals surface area contributed by atoms with Gasteiger partial charge in [0.25, 0.3) is 5.91 Å². The highest BCUT2D eigenvalue weighted by atomic mass is 32.1. The third-order valence-electron chi connectivity index (χ3n) is 5.04. The maximum Gasteiger partial charge on any atom is 0.255 e. The van der Waals surface area contributed by atoms with Gasteiger partial charge in [-0.15, -0.1) is 11.3 Å². The lowest BCUT2D eigenvalue weighted by Gasteiger charge is -2.23. The van der Waals surface area contributed by atoms with Crippen molar-refractivity contribution in [3.63, 3.8) is 0 Å². The van der Waals surface area contributed by atoms with Crippen LogP contribution in [0.3, 0.4) is 0 Å². The van der Waals surface area contributed by atoms with Crippen molar-refractivity contribution < 1.29 is 14.7 Å². The molecule has 0 spiro atoms. The van der Waals surface area contributed by atoms with Crippen LogP contribution in [-0.2, 0) is 11.3 Å². The van der Waals surface area contributed by atoms with E-state index in [2.05, 4.69) is 10.3 Å². The number of aryl methyl sites for hydroxylation is 1. The molecule has 1 fully saturated rings. The van der Waals surface area contributed by atoms with Gasteiger partial charge < -0.3 is 15.3 Å². The van der Waals surface area contributed by atoms with E-state index >= 15 is 0 Å². The van der Waals surface area contributed by atoms with E-state index in [1.54, 1.807) is 22.8 Å². The number of carbonyl (C=O) groups excluding carboxylic acids is 2. The number of hydrogen-bond donors (Lipinski definition) is 2. The van der Waals surface area contributed by atoms with Gasteiger partial charge in [0.1, 0.15) is 6.04 Å². The summed E-state index contributed by atoms with van der Waals surface area (Å²) < 4.78 is 0. The minimum absolute atomic E-state index is 0.176. The van der Waals surface area contributed by atoms with Crippen LogP contribution in [0.1, 0.15) is 28.0 Å². The van der Waals surface area contributed by atoms with E-state index in [-0.39, 0.29) is 24.8 Å². The zero-order valence-electron chi connectivity index (χ0n) is 15.9. The number of amides is 2. The number of nitrogens with zero attached hydrogens (tertiary/aromatic N) is 2. The molecular formula is C21H21N3O3S2. The smallest absolute Gasteiger partial charge is 0.255 e. The number of thiophene rings is 1. The number of carbonyl (C=O) groups is 2. The Balaban J connectivity index is 1.39. The molecule has 29 heavy (non-hydrogen) atoms. The van der Waals surface area contributed by atoms with Crippen molar-refractivity contribution in [3.8, 4) is 10.4 Å². The Morgan fingerprint density at radius 3 is 2.72 bits per heavy atom. The molecule has 150 valence electrons. The molecule has 3 heterocycles. The molecule has 1 aliphatic heterocycles. The Bertz CT molecular complexity index is 999. The van der Waals surface area contributed by atoms with E-state index in [0.717, 1.165) is 21.7 Å². The van der Waals surface area contributed by atoms with E-state index in [1.807, 2.05) is 42.1 Å². The average molecular weight is 428 g/mol. The minimum Gasteiger partial charge on any atom is -0.391 e. The van der Waals surface area contributed by atoms with Gasteiger partial charge in [0.05, 0.1) is 27.7 Å². The summed E-state index contributed by atoms with van der Waals surface area (Å²) in [5.41, 5.74) is 5.46. The summed E-state index contributed by atoms with van der Waals surface area (Å²) in [7, 11) is 0. The molecule has 1 aliphatic rings. The fourth-order valence-electron chi connectivity index (χ4n) is 3.50. The first-order valence-electron chi connectivity index (χ1n) is 9.31. The second kappa shape index (κ2) is 8.44. The SMILES string of the molecule is Cc1ncsc1-c1ccc(CNC(=O)[C@@H]2C[C@@H](O)CN2C(=O)c2ccsc2)cc1. The van der Waals surface area contributed by atoms with Crippen LogP contribution in [0.15, 0.2) is 46.6 Å². The Morgan fingerprint density at radius 1 is 1.28 bits per heavy atom. The zero-order valence-corrected chi connectivity index (χ0v) is 17.5. The van der Waals surface area contributed by atoms with E-state index in [4.69, 9.17) is 0 Å². The summed E-state index contributed by atoms with van der Waals surface area (Å²) in [4.78, 5) is 32.3. The Kier molecular flexibility index (Phi) is 5.75. The normalized spacial score (nSPS) is 18.8. The number of nitrogens with one attached hydrogen (secondary N) is 1. The minimum atomic E-state index is -0.685. The van der Waals surface area contributed by atoms with Crippen LogP contribution in [0.25, 0.3) is 10.4 Å². The van der Waals surface area contributed by atoms with Crippen molar-refractivity contribution in [3.05, 3.63) is 63.4 Å². The highest BCUT2D eigenvalue weighted by molar-refractivity contribution is 7.13. The second-order valence-electron chi connectivity index (χ2n) is 7.06. The molecule has 1 aromatic carbocycles. The van der Waals surface area contributed by atoms with Crippen LogP contribution < -0.4 is 5.32 Å². The van der Waals surface area contributed by atoms with E-state index in [9.17, 15) is 14.7 Å². The molecule has 2 N–H and O–H groups in total. The van der Waals surface area contributed by atoms with Crippen molar-refractivity contribution in [2.45, 2.75) is 32.0 Å². The Hall–Kier alpha value is -2.55. The summed E-state index contributed by atoms with van der Waals surface area (Å²) in [6.07, 6.45) is -0.430. The largest absolute Gasteiger partial charge is 0.391 e. The van der Waals surface area contributed by atoms with Crippen LogP contribution in [-0.4, -0.2) is 45.5 Å². The quantitative estimate of drug-likeness (QED) is 0.656. The van der Waals surface area contributed by atoms with E-state index < -0.39 is 12.1 Å². The number of β-amino-alcohol motifs (C(OH)–C–C–N with tert-alkyl or cyclic N) is 1. The monoisotopic (exact) mass is 427 g/mol. The summed E-state index contributed by atoms with van der Waals surface area (Å²) in [5.74, 6) is -0.459. The van der Waals surface area contributed by atoms with Crippen molar-refractivity contribution >= 4 is 34.5 Å². The maximum atomic E-state index is 12.7. The average Bonchev–Trinajstić information content (AvgIpc) is 3.47. The van der Waals surface area contributed by atoms with Gasteiger partial charge in [-0.1, -0.05) is 24.3 Å². The van der Waals surface area contributed by atoms with Crippen LogP contribution in [0.2, 0.25) is 0 Å². The molecule has 2 amide bonds. The first-order chi connectivity index (χ1) is 14.0. The van der Waals surface area contributed by atoms with Gasteiger partial charge in [-0.05, 0) is 29.5 Å². The maximum absolute atomic E-state index is 12.7. The molecule has 2 atom stereocenters. The summed E-state index contributed by atoms with van der Waals surface area (Å²) in [6.45, 7) is 2.53. The predicted molar refractivity (Wildman–Crippen MR) is 114 cm³/mol. The number of aliphatic hydroxyl groups is 1. The lowest BCUT2D eigenvalue weighted by atomic mass is 10.1. The van der Waals surface area contributed by atoms with Gasteiger partial charge in [0, 0.05) is 24.9 Å². The molecule has 0 unspecified atom stereocenters. The molecule has 8 heteroatoms. The summed E-state index contributed by atoms with van der Waals surface area (Å²) >= 11 is 3.04. The standard InChI is InChI=1S/C21H21N3O3S2/c1-13-19(29-12-23-13)15-4-2-14(3-5-15)9-22-20(26)18-8-17(25)10-24(18)21(27)16-6-7-28-11-16/h2-7,11-12,17-18,25H,8-10H2,1H3,(H,22,26)/t17-,18+/m1/s1. The second-order valence-corrected chi connectivity index (χ2v) is 8.69. The van der Waals surface area contributed by atoms with Crippen LogP contribution in [0.5, 0.6) is 0 Å². The fourth-order valence-corrected chi connectivity index (χ4v) is 4.94. The third-order valence-corrected chi connectivity index (χ3v) is 6.70. The molecule has 0 bridgehead atoms. The van der Waals surface area contributed by atoms with Crippen LogP contribution >= 0.6 is 22.7 Å². The number of hydrogen-bond acceptors (Lipinski definition) is 6. The van der Waals surface area contributed by atoms with Gasteiger partial charge in [-0.25, -0.2) is 4.98 Å². The van der Waals surface area contributed by atoms with Crippen LogP contribution in [0.4, 0.5) is 0 Å². The third kappa shape index (κ3) is 4.24. The Morgan fingerprint density at radius 2 is 2.07 bits per heavy atom. The Labute approximate surface area is 176 Å². The molecule has 0 saturated carbocycles. The molecular weight excluding hydrogens is 406 g/mol. The lowest BCUT2D eigenvalue weighted by molar-refractivity contribution is -0.125. The van der Waals surface area contributed by atoms with Crippen molar-refractivity contribution in [1.29, 1.82) is 0 Å². The summed E-state index contributed by atoms with van der Waals surface area (Å²) in [5, 5.41) is 16.5. The van der Waals surface area contributed by atoms with Crippen molar-refractivity contribution in [2.75, 3.05) is 6.54 Å². The molecule has 2 aromatic heterocycles. The number of aliphatic hydroxyl groups excluding tert-OH is 1. The van der Waals surface area contributed by atoms with Gasteiger partial charge in [0.2, 0.25) is 5.91 Å². The number of rotatable bonds is 5. The molecule has 1 saturated heterocycles. The number of benzene rings is 1. The predicted octanol–water partition coefficient (Wildman–Crippen LogP) is 3.07. The molecule has 3 aromatic rings. The fraction of sp³-hybridized carbons (Fsp3) is 0.286. The van der Waals surface area contributed by atoms with Gasteiger partial charge in [0.15, 0.2) is 0 Å². The molecule has 0 radical (unpaired) electrons.